The molecule has 3 heteroatoms. The molecule has 0 aromatic heterocycles. The molecule has 0 amide bonds. The van der Waals surface area contributed by atoms with Crippen molar-refractivity contribution in [3.63, 3.8) is 0 Å². The SMILES string of the molecule is CC(C[N-]C(C)(C)C)[NH+](C)C.[Li+]. The largest absolute Gasteiger partial charge is 1.00 e. The Morgan fingerprint density at radius 2 is 1.67 bits per heavy atom. The summed E-state index contributed by atoms with van der Waals surface area (Å²) in [6.45, 7) is 9.62. The van der Waals surface area contributed by atoms with Crippen LogP contribution in [-0.2, 0) is 0 Å². The fraction of sp³-hybridized carbons (Fsp3) is 1.00. The third kappa shape index (κ3) is 8.61. The molecule has 0 aliphatic rings. The smallest absolute Gasteiger partial charge is 0.653 e. The topological polar surface area (TPSA) is 18.5 Å². The number of nitrogens with zero attached hydrogens (tertiary/aromatic N) is 1. The monoisotopic (exact) mass is 165 g/mol. The van der Waals surface area contributed by atoms with Crippen molar-refractivity contribution in [1.82, 2.24) is 0 Å². The van der Waals surface area contributed by atoms with Gasteiger partial charge in [0, 0.05) is 0 Å². The Hall–Kier alpha value is 0.517. The second-order valence-corrected chi connectivity index (χ2v) is 4.49. The minimum atomic E-state index is 0. The molecule has 0 bridgehead atoms. The van der Waals surface area contributed by atoms with Gasteiger partial charge in [-0.2, -0.15) is 0 Å². The number of hydrogen-bond donors (Lipinski definition) is 1. The zero-order chi connectivity index (χ0) is 9.07. The molecule has 12 heavy (non-hydrogen) atoms. The summed E-state index contributed by atoms with van der Waals surface area (Å²) in [7, 11) is 4.34. The Morgan fingerprint density at radius 1 is 1.25 bits per heavy atom. The van der Waals surface area contributed by atoms with E-state index in [0.29, 0.717) is 6.04 Å². The molecule has 1 atom stereocenters. The van der Waals surface area contributed by atoms with Crippen LogP contribution in [0.2, 0.25) is 0 Å². The number of rotatable bonds is 3. The Labute approximate surface area is 89.3 Å². The molecule has 0 saturated heterocycles. The van der Waals surface area contributed by atoms with Crippen LogP contribution in [0.5, 0.6) is 0 Å². The molecular weight excluding hydrogens is 143 g/mol. The van der Waals surface area contributed by atoms with E-state index in [-0.39, 0.29) is 24.4 Å². The van der Waals surface area contributed by atoms with Crippen LogP contribution in [0.4, 0.5) is 0 Å². The fourth-order valence-corrected chi connectivity index (χ4v) is 0.593. The summed E-state index contributed by atoms with van der Waals surface area (Å²) in [5.74, 6) is 0. The van der Waals surface area contributed by atoms with Crippen LogP contribution in [0.25, 0.3) is 5.32 Å². The van der Waals surface area contributed by atoms with Gasteiger partial charge >= 0.3 is 18.9 Å². The Morgan fingerprint density at radius 3 is 1.92 bits per heavy atom. The molecular formula is C9H22LiN2+. The van der Waals surface area contributed by atoms with Gasteiger partial charge in [-0.25, -0.2) is 0 Å². The molecule has 0 radical (unpaired) electrons. The maximum absolute atomic E-state index is 4.56. The average molecular weight is 165 g/mol. The van der Waals surface area contributed by atoms with E-state index in [4.69, 9.17) is 0 Å². The standard InChI is InChI=1S/C9H21N2.Li/c1-8(11(5)6)7-10-9(2,3)4;/h8H,7H2,1-6H3;/q-1;+1/p+1. The second kappa shape index (κ2) is 6.04. The zero-order valence-electron chi connectivity index (χ0n) is 9.73. The maximum Gasteiger partial charge on any atom is 1.00 e. The minimum absolute atomic E-state index is 0. The van der Waals surface area contributed by atoms with Crippen LogP contribution >= 0.6 is 0 Å². The van der Waals surface area contributed by atoms with Crippen molar-refractivity contribution < 1.29 is 23.8 Å². The van der Waals surface area contributed by atoms with E-state index in [9.17, 15) is 0 Å². The van der Waals surface area contributed by atoms with Crippen molar-refractivity contribution >= 4 is 0 Å². The van der Waals surface area contributed by atoms with Gasteiger partial charge in [-0.05, 0) is 6.92 Å². The number of likely N-dealkylation sites (N-methyl/N-ethyl adjacent to an activating group) is 1. The first-order chi connectivity index (χ1) is 4.83. The molecule has 0 heterocycles. The number of nitrogens with one attached hydrogen (secondary N) is 1. The summed E-state index contributed by atoms with van der Waals surface area (Å²) >= 11 is 0. The van der Waals surface area contributed by atoms with Gasteiger partial charge in [-0.15, -0.1) is 5.54 Å². The van der Waals surface area contributed by atoms with Crippen LogP contribution in [0, 0.1) is 0 Å². The van der Waals surface area contributed by atoms with Gasteiger partial charge in [0.25, 0.3) is 0 Å². The summed E-state index contributed by atoms with van der Waals surface area (Å²) in [6.07, 6.45) is 0. The summed E-state index contributed by atoms with van der Waals surface area (Å²) in [6, 6.07) is 0.634. The van der Waals surface area contributed by atoms with E-state index >= 15 is 0 Å². The predicted octanol–water partition coefficient (Wildman–Crippen LogP) is -2.30. The van der Waals surface area contributed by atoms with Crippen LogP contribution in [0.1, 0.15) is 27.7 Å². The third-order valence-electron chi connectivity index (χ3n) is 1.83. The second-order valence-electron chi connectivity index (χ2n) is 4.49. The normalized spacial score (nSPS) is 14.2. The summed E-state index contributed by atoms with van der Waals surface area (Å²) in [5, 5.41) is 4.56. The Balaban J connectivity index is 0. The molecule has 0 aliphatic heterocycles. The van der Waals surface area contributed by atoms with Crippen LogP contribution in [0.3, 0.4) is 0 Å². The van der Waals surface area contributed by atoms with E-state index in [1.165, 1.54) is 4.90 Å². The molecule has 0 rings (SSSR count). The van der Waals surface area contributed by atoms with E-state index in [2.05, 4.69) is 47.1 Å². The van der Waals surface area contributed by atoms with E-state index in [1.807, 2.05) is 0 Å². The van der Waals surface area contributed by atoms with Crippen LogP contribution in [-0.4, -0.2) is 32.2 Å². The van der Waals surface area contributed by atoms with Gasteiger partial charge in [0.2, 0.25) is 0 Å². The molecule has 0 spiro atoms. The van der Waals surface area contributed by atoms with Crippen LogP contribution < -0.4 is 23.8 Å². The quantitative estimate of drug-likeness (QED) is 0.453. The van der Waals surface area contributed by atoms with Gasteiger partial charge in [-0.1, -0.05) is 27.3 Å². The summed E-state index contributed by atoms with van der Waals surface area (Å²) < 4.78 is 0. The first kappa shape index (κ1) is 15.0. The Kier molecular flexibility index (Phi) is 7.56. The molecule has 0 fully saturated rings. The van der Waals surface area contributed by atoms with Gasteiger partial charge in [0.05, 0.1) is 20.1 Å². The van der Waals surface area contributed by atoms with E-state index < -0.39 is 0 Å². The summed E-state index contributed by atoms with van der Waals surface area (Å²) in [4.78, 5) is 1.47. The minimum Gasteiger partial charge on any atom is -0.653 e. The predicted molar refractivity (Wildman–Crippen MR) is 50.3 cm³/mol. The van der Waals surface area contributed by atoms with Gasteiger partial charge in [0.15, 0.2) is 0 Å². The molecule has 0 aliphatic carbocycles. The van der Waals surface area contributed by atoms with Crippen LogP contribution in [0.15, 0.2) is 0 Å². The molecule has 0 aromatic rings. The molecule has 1 unspecified atom stereocenters. The maximum atomic E-state index is 4.56. The molecule has 2 nitrogen and oxygen atoms in total. The van der Waals surface area contributed by atoms with Gasteiger partial charge in [-0.3, -0.25) is 0 Å². The first-order valence-corrected chi connectivity index (χ1v) is 4.31. The van der Waals surface area contributed by atoms with Gasteiger partial charge in [0.1, 0.15) is 0 Å². The number of quaternary nitrogens is 1. The molecule has 1 N–H and O–H groups in total. The molecule has 0 saturated carbocycles. The Bertz CT molecular complexity index is 108. The van der Waals surface area contributed by atoms with Crippen molar-refractivity contribution in [3.8, 4) is 0 Å². The number of hydrogen-bond acceptors (Lipinski definition) is 0. The zero-order valence-corrected chi connectivity index (χ0v) is 9.73. The van der Waals surface area contributed by atoms with Crippen molar-refractivity contribution in [3.05, 3.63) is 5.32 Å². The molecule has 0 aromatic carbocycles. The van der Waals surface area contributed by atoms with Crippen molar-refractivity contribution in [2.75, 3.05) is 20.6 Å². The van der Waals surface area contributed by atoms with Crippen molar-refractivity contribution in [1.29, 1.82) is 0 Å². The van der Waals surface area contributed by atoms with E-state index in [0.717, 1.165) is 6.54 Å². The first-order valence-electron chi connectivity index (χ1n) is 4.31. The average Bonchev–Trinajstić information content (AvgIpc) is 1.80. The fourth-order valence-electron chi connectivity index (χ4n) is 0.593. The van der Waals surface area contributed by atoms with Gasteiger partial charge < -0.3 is 10.2 Å². The van der Waals surface area contributed by atoms with E-state index in [1.54, 1.807) is 0 Å². The third-order valence-corrected chi connectivity index (χ3v) is 1.83. The molecule has 68 valence electrons. The van der Waals surface area contributed by atoms with Crippen molar-refractivity contribution in [2.24, 2.45) is 0 Å². The van der Waals surface area contributed by atoms with Crippen molar-refractivity contribution in [2.45, 2.75) is 39.3 Å². The summed E-state index contributed by atoms with van der Waals surface area (Å²) in [5.41, 5.74) is 0.129.